The van der Waals surface area contributed by atoms with Crippen LogP contribution in [0.4, 0.5) is 5.69 Å². The third kappa shape index (κ3) is 3.78. The monoisotopic (exact) mass is 259 g/mol. The van der Waals surface area contributed by atoms with Crippen LogP contribution >= 0.6 is 0 Å². The first-order valence-corrected chi connectivity index (χ1v) is 6.79. The Kier molecular flexibility index (Phi) is 8.18. The minimum Gasteiger partial charge on any atom is -0.345 e. The molecular formula is C16H25N3. The van der Waals surface area contributed by atoms with Gasteiger partial charge in [0.1, 0.15) is 0 Å². The van der Waals surface area contributed by atoms with E-state index in [1.54, 1.807) is 18.5 Å². The number of aromatic nitrogens is 2. The first kappa shape index (κ1) is 17.1. The zero-order valence-electron chi connectivity index (χ0n) is 12.9. The maximum atomic E-state index is 4.38. The molecule has 2 heterocycles. The van der Waals surface area contributed by atoms with Crippen LogP contribution < -0.4 is 0 Å². The molecule has 2 aromatic rings. The number of aliphatic imine (C=N–C) groups is 1. The van der Waals surface area contributed by atoms with Gasteiger partial charge >= 0.3 is 0 Å². The lowest BCUT2D eigenvalue weighted by Gasteiger charge is -1.96. The molecule has 19 heavy (non-hydrogen) atoms. The van der Waals surface area contributed by atoms with E-state index < -0.39 is 0 Å². The minimum absolute atomic E-state index is 0.995. The molecule has 0 aromatic carbocycles. The topological polar surface area (TPSA) is 30.2 Å². The van der Waals surface area contributed by atoms with E-state index in [0.29, 0.717) is 0 Å². The summed E-state index contributed by atoms with van der Waals surface area (Å²) in [7, 11) is 2.02. The van der Waals surface area contributed by atoms with E-state index >= 15 is 0 Å². The van der Waals surface area contributed by atoms with E-state index in [9.17, 15) is 0 Å². The highest BCUT2D eigenvalue weighted by atomic mass is 15.0. The number of hydrogen-bond donors (Lipinski definition) is 0. The van der Waals surface area contributed by atoms with Gasteiger partial charge in [0.25, 0.3) is 0 Å². The van der Waals surface area contributed by atoms with Crippen molar-refractivity contribution >= 4 is 22.8 Å². The van der Waals surface area contributed by atoms with Crippen molar-refractivity contribution in [2.75, 3.05) is 0 Å². The molecule has 2 aromatic heterocycles. The van der Waals surface area contributed by atoms with Crippen molar-refractivity contribution in [1.82, 2.24) is 9.55 Å². The molecule has 0 saturated heterocycles. The summed E-state index contributed by atoms with van der Waals surface area (Å²) in [6, 6.07) is 1.98. The second kappa shape index (κ2) is 9.09. The van der Waals surface area contributed by atoms with E-state index in [4.69, 9.17) is 0 Å². The van der Waals surface area contributed by atoms with Crippen LogP contribution in [0.3, 0.4) is 0 Å². The molecule has 0 aliphatic heterocycles. The summed E-state index contributed by atoms with van der Waals surface area (Å²) in [5.74, 6) is 0. The lowest BCUT2D eigenvalue weighted by molar-refractivity contribution is 0.915. The number of aryl methyl sites for hydroxylation is 1. The lowest BCUT2D eigenvalue weighted by atomic mass is 10.2. The summed E-state index contributed by atoms with van der Waals surface area (Å²) in [4.78, 5) is 8.50. The lowest BCUT2D eigenvalue weighted by Crippen LogP contribution is -1.89. The summed E-state index contributed by atoms with van der Waals surface area (Å²) in [5.41, 5.74) is 3.23. The maximum Gasteiger partial charge on any atom is 0.0915 e. The summed E-state index contributed by atoms with van der Waals surface area (Å²) < 4.78 is 2.10. The standard InChI is InChI=1S/C12H13N3.2C2H6/c1-4-6-14-12-9(2)15(3)11-8-13-7-5-10(11)12;2*1-2/h4-8H,1H2,2-3H3;2*1-2H3. The molecule has 0 amide bonds. The Labute approximate surface area is 116 Å². The van der Waals surface area contributed by atoms with Gasteiger partial charge in [0.15, 0.2) is 0 Å². The number of nitrogens with zero attached hydrogens (tertiary/aromatic N) is 3. The molecule has 0 radical (unpaired) electrons. The van der Waals surface area contributed by atoms with E-state index in [0.717, 1.165) is 22.3 Å². The second-order valence-electron chi connectivity index (χ2n) is 3.40. The van der Waals surface area contributed by atoms with Gasteiger partial charge in [0.05, 0.1) is 17.4 Å². The molecule has 0 unspecified atom stereocenters. The third-order valence-electron chi connectivity index (χ3n) is 2.57. The summed E-state index contributed by atoms with van der Waals surface area (Å²) in [5, 5.41) is 1.13. The molecule has 0 aliphatic rings. The van der Waals surface area contributed by atoms with Crippen molar-refractivity contribution in [3.8, 4) is 0 Å². The number of allylic oxidation sites excluding steroid dienone is 1. The van der Waals surface area contributed by atoms with Crippen LogP contribution in [0.2, 0.25) is 0 Å². The van der Waals surface area contributed by atoms with Crippen LogP contribution in [-0.2, 0) is 7.05 Å². The predicted molar refractivity (Wildman–Crippen MR) is 86.5 cm³/mol. The van der Waals surface area contributed by atoms with E-state index in [1.807, 2.05) is 47.0 Å². The van der Waals surface area contributed by atoms with Crippen molar-refractivity contribution in [2.45, 2.75) is 34.6 Å². The molecule has 0 bridgehead atoms. The van der Waals surface area contributed by atoms with Gasteiger partial charge in [-0.15, -0.1) is 0 Å². The highest BCUT2D eigenvalue weighted by Crippen LogP contribution is 2.31. The predicted octanol–water partition coefficient (Wildman–Crippen LogP) is 4.82. The third-order valence-corrected chi connectivity index (χ3v) is 2.57. The molecule has 0 N–H and O–H groups in total. The highest BCUT2D eigenvalue weighted by Gasteiger charge is 2.09. The van der Waals surface area contributed by atoms with Gasteiger partial charge < -0.3 is 4.57 Å². The van der Waals surface area contributed by atoms with E-state index in [2.05, 4.69) is 28.0 Å². The molecule has 0 spiro atoms. The van der Waals surface area contributed by atoms with E-state index in [-0.39, 0.29) is 0 Å². The average Bonchev–Trinajstić information content (AvgIpc) is 2.74. The van der Waals surface area contributed by atoms with Crippen molar-refractivity contribution in [3.63, 3.8) is 0 Å². The fraction of sp³-hybridized carbons (Fsp3) is 0.375. The first-order valence-electron chi connectivity index (χ1n) is 6.79. The average molecular weight is 259 g/mol. The SMILES string of the molecule is C=CC=Nc1c(C)n(C)c2cnccc12.CC.CC. The molecule has 0 saturated carbocycles. The van der Waals surface area contributed by atoms with Crippen LogP contribution in [0.25, 0.3) is 10.9 Å². The van der Waals surface area contributed by atoms with Crippen LogP contribution in [0, 0.1) is 6.92 Å². The Morgan fingerprint density at radius 3 is 2.47 bits per heavy atom. The van der Waals surface area contributed by atoms with Crippen LogP contribution in [-0.4, -0.2) is 15.8 Å². The quantitative estimate of drug-likeness (QED) is 0.711. The highest BCUT2D eigenvalue weighted by molar-refractivity contribution is 5.94. The Balaban J connectivity index is 0.000000741. The largest absolute Gasteiger partial charge is 0.345 e. The number of hydrogen-bond acceptors (Lipinski definition) is 2. The van der Waals surface area contributed by atoms with Crippen molar-refractivity contribution in [3.05, 3.63) is 36.8 Å². The van der Waals surface area contributed by atoms with Gasteiger partial charge in [-0.2, -0.15) is 0 Å². The number of fused-ring (bicyclic) bond motifs is 1. The molecule has 104 valence electrons. The Morgan fingerprint density at radius 2 is 1.89 bits per heavy atom. The van der Waals surface area contributed by atoms with E-state index in [1.165, 1.54) is 0 Å². The minimum atomic E-state index is 0.995. The van der Waals surface area contributed by atoms with Gasteiger partial charge in [0.2, 0.25) is 0 Å². The van der Waals surface area contributed by atoms with Gasteiger partial charge in [-0.25, -0.2) is 0 Å². The molecule has 2 rings (SSSR count). The van der Waals surface area contributed by atoms with Gasteiger partial charge in [0, 0.05) is 30.5 Å². The fourth-order valence-electron chi connectivity index (χ4n) is 1.68. The van der Waals surface area contributed by atoms with Crippen molar-refractivity contribution in [1.29, 1.82) is 0 Å². The zero-order valence-corrected chi connectivity index (χ0v) is 12.9. The summed E-state index contributed by atoms with van der Waals surface area (Å²) in [6.07, 6.45) is 7.03. The molecule has 3 heteroatoms. The molecule has 0 aliphatic carbocycles. The normalized spacial score (nSPS) is 9.58. The maximum absolute atomic E-state index is 4.38. The Morgan fingerprint density at radius 1 is 1.26 bits per heavy atom. The molecule has 0 fully saturated rings. The van der Waals surface area contributed by atoms with Crippen LogP contribution in [0.15, 0.2) is 36.1 Å². The van der Waals surface area contributed by atoms with Gasteiger partial charge in [-0.3, -0.25) is 9.98 Å². The first-order chi connectivity index (χ1) is 9.25. The smallest absolute Gasteiger partial charge is 0.0915 e. The summed E-state index contributed by atoms with van der Waals surface area (Å²) >= 11 is 0. The number of rotatable bonds is 2. The zero-order chi connectivity index (χ0) is 14.8. The van der Waals surface area contributed by atoms with Gasteiger partial charge in [-0.1, -0.05) is 40.3 Å². The van der Waals surface area contributed by atoms with Crippen LogP contribution in [0.5, 0.6) is 0 Å². The Hall–Kier alpha value is -1.90. The van der Waals surface area contributed by atoms with Crippen molar-refractivity contribution < 1.29 is 0 Å². The number of pyridine rings is 1. The fourth-order valence-corrected chi connectivity index (χ4v) is 1.68. The summed E-state index contributed by atoms with van der Waals surface area (Å²) in [6.45, 7) is 13.7. The molecule has 0 atom stereocenters. The Bertz CT molecular complexity index is 536. The second-order valence-corrected chi connectivity index (χ2v) is 3.40. The molecular weight excluding hydrogens is 234 g/mol. The van der Waals surface area contributed by atoms with Gasteiger partial charge in [-0.05, 0) is 13.0 Å². The van der Waals surface area contributed by atoms with Crippen molar-refractivity contribution in [2.24, 2.45) is 12.0 Å². The molecule has 3 nitrogen and oxygen atoms in total. The van der Waals surface area contributed by atoms with Crippen LogP contribution in [0.1, 0.15) is 33.4 Å².